The first kappa shape index (κ1) is 13.6. The van der Waals surface area contributed by atoms with E-state index >= 15 is 0 Å². The summed E-state index contributed by atoms with van der Waals surface area (Å²) < 4.78 is 7.18. The molecule has 1 N–H and O–H groups in total. The average molecular weight is 346 g/mol. The van der Waals surface area contributed by atoms with Gasteiger partial charge in [0.15, 0.2) is 4.67 Å². The van der Waals surface area contributed by atoms with Crippen LogP contribution in [0, 0.1) is 6.92 Å². The lowest BCUT2D eigenvalue weighted by atomic mass is 10.3. The molecule has 0 bridgehead atoms. The average Bonchev–Trinajstić information content (AvgIpc) is 3.06. The summed E-state index contributed by atoms with van der Waals surface area (Å²) in [6.07, 6.45) is 1.46. The van der Waals surface area contributed by atoms with Crippen LogP contribution in [0.1, 0.15) is 16.1 Å². The maximum Gasteiger partial charge on any atom is 0.261 e. The molecule has 0 fully saturated rings. The third kappa shape index (κ3) is 2.75. The molecular formula is C15H12BrN3O2. The van der Waals surface area contributed by atoms with Gasteiger partial charge in [-0.1, -0.05) is 18.2 Å². The summed E-state index contributed by atoms with van der Waals surface area (Å²) in [7, 11) is 0. The Balaban J connectivity index is 1.93. The van der Waals surface area contributed by atoms with E-state index in [1.54, 1.807) is 10.7 Å². The molecule has 0 spiro atoms. The number of nitrogens with one attached hydrogen (secondary N) is 1. The molecule has 3 rings (SSSR count). The maximum atomic E-state index is 12.2. The lowest BCUT2D eigenvalue weighted by molar-refractivity contribution is 0.102. The molecule has 2 heterocycles. The minimum Gasteiger partial charge on any atom is -0.457 e. The Morgan fingerprint density at radius 2 is 2.05 bits per heavy atom. The molecule has 21 heavy (non-hydrogen) atoms. The van der Waals surface area contributed by atoms with Crippen molar-refractivity contribution in [2.45, 2.75) is 6.92 Å². The number of carbonyl (C=O) groups is 1. The zero-order valence-corrected chi connectivity index (χ0v) is 12.8. The van der Waals surface area contributed by atoms with Crippen molar-refractivity contribution < 1.29 is 9.21 Å². The minimum atomic E-state index is -0.257. The summed E-state index contributed by atoms with van der Waals surface area (Å²) in [4.78, 5) is 12.2. The van der Waals surface area contributed by atoms with Crippen LogP contribution in [0.4, 0.5) is 5.82 Å². The molecule has 0 radical (unpaired) electrons. The molecule has 0 aliphatic heterocycles. The predicted octanol–water partition coefficient (Wildman–Crippen LogP) is 3.79. The van der Waals surface area contributed by atoms with Crippen molar-refractivity contribution in [3.05, 3.63) is 64.7 Å². The first-order valence-corrected chi connectivity index (χ1v) is 7.11. The van der Waals surface area contributed by atoms with Crippen LogP contribution < -0.4 is 5.32 Å². The fraction of sp³-hybridized carbons (Fsp3) is 0.0667. The Bertz CT molecular complexity index is 777. The molecule has 0 unspecified atom stereocenters. The standard InChI is InChI=1S/C15H12BrN3O2/c1-10-9-13(17-15(20)12-7-8-21-14(12)16)19(18-10)11-5-3-2-4-6-11/h2-9H,1H3,(H,17,20). The molecule has 1 amide bonds. The summed E-state index contributed by atoms with van der Waals surface area (Å²) in [5, 5.41) is 7.25. The van der Waals surface area contributed by atoms with Crippen molar-refractivity contribution in [2.24, 2.45) is 0 Å². The minimum absolute atomic E-state index is 0.257. The van der Waals surface area contributed by atoms with Crippen molar-refractivity contribution in [3.8, 4) is 5.69 Å². The Kier molecular flexibility index (Phi) is 3.62. The fourth-order valence-electron chi connectivity index (χ4n) is 1.99. The second-order valence-corrected chi connectivity index (χ2v) is 5.20. The number of carbonyl (C=O) groups excluding carboxylic acids is 1. The number of hydrogen-bond donors (Lipinski definition) is 1. The van der Waals surface area contributed by atoms with Gasteiger partial charge in [0.05, 0.1) is 23.2 Å². The van der Waals surface area contributed by atoms with Crippen molar-refractivity contribution in [3.63, 3.8) is 0 Å². The number of aromatic nitrogens is 2. The number of hydrogen-bond acceptors (Lipinski definition) is 3. The fourth-order valence-corrected chi connectivity index (χ4v) is 2.41. The molecule has 0 saturated carbocycles. The lowest BCUT2D eigenvalue weighted by Crippen LogP contribution is -2.14. The van der Waals surface area contributed by atoms with Gasteiger partial charge in [0.2, 0.25) is 0 Å². The first-order valence-electron chi connectivity index (χ1n) is 6.31. The number of amides is 1. The SMILES string of the molecule is Cc1cc(NC(=O)c2ccoc2Br)n(-c2ccccc2)n1. The predicted molar refractivity (Wildman–Crippen MR) is 82.7 cm³/mol. The summed E-state index contributed by atoms with van der Waals surface area (Å²) >= 11 is 3.20. The van der Waals surface area contributed by atoms with Gasteiger partial charge in [0.1, 0.15) is 5.82 Å². The highest BCUT2D eigenvalue weighted by Crippen LogP contribution is 2.21. The van der Waals surface area contributed by atoms with Gasteiger partial charge in [-0.2, -0.15) is 5.10 Å². The molecule has 0 aliphatic carbocycles. The third-order valence-electron chi connectivity index (χ3n) is 2.94. The van der Waals surface area contributed by atoms with E-state index in [-0.39, 0.29) is 5.91 Å². The second kappa shape index (κ2) is 5.57. The normalized spacial score (nSPS) is 10.6. The summed E-state index contributed by atoms with van der Waals surface area (Å²) in [6, 6.07) is 13.1. The molecule has 2 aromatic heterocycles. The van der Waals surface area contributed by atoms with Crippen LogP contribution in [0.15, 0.2) is 57.8 Å². The van der Waals surface area contributed by atoms with Crippen LogP contribution in [0.5, 0.6) is 0 Å². The lowest BCUT2D eigenvalue weighted by Gasteiger charge is -2.08. The number of nitrogens with zero attached hydrogens (tertiary/aromatic N) is 2. The van der Waals surface area contributed by atoms with E-state index in [4.69, 9.17) is 4.42 Å². The van der Waals surface area contributed by atoms with E-state index in [0.717, 1.165) is 11.4 Å². The number of furan rings is 1. The summed E-state index contributed by atoms with van der Waals surface area (Å²) in [6.45, 7) is 1.88. The third-order valence-corrected chi connectivity index (χ3v) is 3.55. The van der Waals surface area contributed by atoms with E-state index in [1.165, 1.54) is 6.26 Å². The van der Waals surface area contributed by atoms with Crippen LogP contribution in [-0.4, -0.2) is 15.7 Å². The first-order chi connectivity index (χ1) is 10.1. The van der Waals surface area contributed by atoms with Crippen molar-refractivity contribution in [1.82, 2.24) is 9.78 Å². The smallest absolute Gasteiger partial charge is 0.261 e. The Labute approximate surface area is 129 Å². The van der Waals surface area contributed by atoms with E-state index < -0.39 is 0 Å². The van der Waals surface area contributed by atoms with Gasteiger partial charge in [0, 0.05) is 6.07 Å². The molecule has 0 atom stereocenters. The van der Waals surface area contributed by atoms with E-state index in [9.17, 15) is 4.79 Å². The number of benzene rings is 1. The maximum absolute atomic E-state index is 12.2. The highest BCUT2D eigenvalue weighted by molar-refractivity contribution is 9.10. The molecule has 5 nitrogen and oxygen atoms in total. The van der Waals surface area contributed by atoms with E-state index in [2.05, 4.69) is 26.3 Å². The second-order valence-electron chi connectivity index (χ2n) is 4.48. The van der Waals surface area contributed by atoms with Gasteiger partial charge < -0.3 is 9.73 Å². The molecule has 6 heteroatoms. The van der Waals surface area contributed by atoms with Crippen molar-refractivity contribution in [1.29, 1.82) is 0 Å². The largest absolute Gasteiger partial charge is 0.457 e. The van der Waals surface area contributed by atoms with Crippen LogP contribution in [0.3, 0.4) is 0 Å². The quantitative estimate of drug-likeness (QED) is 0.785. The number of halogens is 1. The summed E-state index contributed by atoms with van der Waals surface area (Å²) in [5.41, 5.74) is 2.14. The number of rotatable bonds is 3. The van der Waals surface area contributed by atoms with Crippen molar-refractivity contribution >= 4 is 27.7 Å². The van der Waals surface area contributed by atoms with Gasteiger partial charge in [-0.15, -0.1) is 0 Å². The van der Waals surface area contributed by atoms with Gasteiger partial charge in [0.25, 0.3) is 5.91 Å². The van der Waals surface area contributed by atoms with E-state index in [1.807, 2.05) is 43.3 Å². The molecule has 1 aromatic carbocycles. The van der Waals surface area contributed by atoms with Crippen LogP contribution >= 0.6 is 15.9 Å². The highest BCUT2D eigenvalue weighted by Gasteiger charge is 2.16. The van der Waals surface area contributed by atoms with E-state index in [0.29, 0.717) is 16.1 Å². The Hall–Kier alpha value is -2.34. The van der Waals surface area contributed by atoms with Gasteiger partial charge >= 0.3 is 0 Å². The molecule has 106 valence electrons. The highest BCUT2D eigenvalue weighted by atomic mass is 79.9. The zero-order chi connectivity index (χ0) is 14.8. The number of aryl methyl sites for hydroxylation is 1. The molecule has 0 aliphatic rings. The van der Waals surface area contributed by atoms with Gasteiger partial charge in [-0.25, -0.2) is 4.68 Å². The molecule has 0 saturated heterocycles. The van der Waals surface area contributed by atoms with Crippen LogP contribution in [0.2, 0.25) is 0 Å². The topological polar surface area (TPSA) is 60.1 Å². The Morgan fingerprint density at radius 3 is 2.71 bits per heavy atom. The molecular weight excluding hydrogens is 334 g/mol. The van der Waals surface area contributed by atoms with Crippen molar-refractivity contribution in [2.75, 3.05) is 5.32 Å². The van der Waals surface area contributed by atoms with Gasteiger partial charge in [-0.05, 0) is 41.1 Å². The molecule has 3 aromatic rings. The Morgan fingerprint density at radius 1 is 1.29 bits per heavy atom. The number of para-hydroxylation sites is 1. The van der Waals surface area contributed by atoms with Crippen LogP contribution in [0.25, 0.3) is 5.69 Å². The van der Waals surface area contributed by atoms with Crippen LogP contribution in [-0.2, 0) is 0 Å². The number of anilines is 1. The summed E-state index contributed by atoms with van der Waals surface area (Å²) in [5.74, 6) is 0.351. The zero-order valence-electron chi connectivity index (χ0n) is 11.2. The van der Waals surface area contributed by atoms with Gasteiger partial charge in [-0.3, -0.25) is 4.79 Å². The monoisotopic (exact) mass is 345 g/mol.